The van der Waals surface area contributed by atoms with Gasteiger partial charge in [0.1, 0.15) is 12.6 Å². The van der Waals surface area contributed by atoms with Crippen LogP contribution in [0.4, 0.5) is 19.1 Å². The summed E-state index contributed by atoms with van der Waals surface area (Å²) in [6, 6.07) is 0.797. The fourth-order valence-electron chi connectivity index (χ4n) is 2.51. The summed E-state index contributed by atoms with van der Waals surface area (Å²) in [6.07, 6.45) is -4.09. The maximum atomic E-state index is 12.4. The van der Waals surface area contributed by atoms with E-state index in [2.05, 4.69) is 14.7 Å². The molecule has 0 spiro atoms. The van der Waals surface area contributed by atoms with Gasteiger partial charge < -0.3 is 14.5 Å². The summed E-state index contributed by atoms with van der Waals surface area (Å²) in [7, 11) is 1.24. The fraction of sp³-hybridized carbons (Fsp3) is 0.600. The Kier molecular flexibility index (Phi) is 5.81. The average molecular weight is 360 g/mol. The van der Waals surface area contributed by atoms with Crippen molar-refractivity contribution in [2.45, 2.75) is 32.0 Å². The Morgan fingerprint density at radius 2 is 2.12 bits per heavy atom. The number of halogens is 3. The Hall–Kier alpha value is -2.39. The fourth-order valence-corrected chi connectivity index (χ4v) is 2.51. The zero-order valence-corrected chi connectivity index (χ0v) is 13.9. The molecule has 10 heteroatoms. The second-order valence-electron chi connectivity index (χ2n) is 5.67. The summed E-state index contributed by atoms with van der Waals surface area (Å²) in [6.45, 7) is 2.14. The van der Waals surface area contributed by atoms with Crippen molar-refractivity contribution >= 4 is 17.8 Å². The smallest absolute Gasteiger partial charge is 0.389 e. The second-order valence-corrected chi connectivity index (χ2v) is 5.67. The Bertz CT molecular complexity index is 639. The van der Waals surface area contributed by atoms with Gasteiger partial charge in [0.2, 0.25) is 11.9 Å². The molecule has 2 heterocycles. The molecule has 1 aromatic heterocycles. The number of piperazine rings is 1. The van der Waals surface area contributed by atoms with Gasteiger partial charge in [0, 0.05) is 31.4 Å². The number of aromatic nitrogens is 2. The molecule has 1 aromatic rings. The molecule has 1 aliphatic heterocycles. The van der Waals surface area contributed by atoms with Gasteiger partial charge in [-0.15, -0.1) is 0 Å². The van der Waals surface area contributed by atoms with E-state index in [1.807, 2.05) is 0 Å². The van der Waals surface area contributed by atoms with Crippen LogP contribution in [0.2, 0.25) is 0 Å². The molecule has 0 unspecified atom stereocenters. The van der Waals surface area contributed by atoms with Crippen LogP contribution in [0.3, 0.4) is 0 Å². The molecular weight excluding hydrogens is 341 g/mol. The third-order valence-electron chi connectivity index (χ3n) is 3.92. The summed E-state index contributed by atoms with van der Waals surface area (Å²) in [5.74, 6) is -0.599. The van der Waals surface area contributed by atoms with Gasteiger partial charge in [0.05, 0.1) is 7.11 Å². The molecular formula is C15H19F3N4O3. The summed E-state index contributed by atoms with van der Waals surface area (Å²) in [5, 5.41) is 0. The Labute approximate surface area is 142 Å². The van der Waals surface area contributed by atoms with Crippen LogP contribution in [0.15, 0.2) is 12.3 Å². The number of anilines is 1. The third-order valence-corrected chi connectivity index (χ3v) is 3.92. The van der Waals surface area contributed by atoms with Crippen LogP contribution in [0.25, 0.3) is 0 Å². The monoisotopic (exact) mass is 360 g/mol. The van der Waals surface area contributed by atoms with Crippen LogP contribution >= 0.6 is 0 Å². The van der Waals surface area contributed by atoms with Gasteiger partial charge in [-0.2, -0.15) is 13.2 Å². The molecule has 2 rings (SSSR count). The summed E-state index contributed by atoms with van der Waals surface area (Å²) < 4.78 is 41.6. The minimum atomic E-state index is -4.26. The summed E-state index contributed by atoms with van der Waals surface area (Å²) in [5.41, 5.74) is 0.263. The van der Waals surface area contributed by atoms with Crippen molar-refractivity contribution in [1.29, 1.82) is 0 Å². The SMILES string of the molecule is COC(=O)CN1CCN(c2nccc(CCC(F)(F)F)n2)[C@@H](C)C1=O. The van der Waals surface area contributed by atoms with E-state index in [0.29, 0.717) is 6.54 Å². The van der Waals surface area contributed by atoms with Gasteiger partial charge >= 0.3 is 12.1 Å². The Morgan fingerprint density at radius 3 is 2.76 bits per heavy atom. The largest absolute Gasteiger partial charge is 0.468 e. The van der Waals surface area contributed by atoms with Gasteiger partial charge in [-0.1, -0.05) is 0 Å². The first-order valence-electron chi connectivity index (χ1n) is 7.72. The molecule has 25 heavy (non-hydrogen) atoms. The van der Waals surface area contributed by atoms with Gasteiger partial charge in [-0.25, -0.2) is 9.97 Å². The Balaban J connectivity index is 2.07. The normalized spacial score (nSPS) is 18.4. The van der Waals surface area contributed by atoms with E-state index in [9.17, 15) is 22.8 Å². The van der Waals surface area contributed by atoms with Crippen molar-refractivity contribution in [1.82, 2.24) is 14.9 Å². The second kappa shape index (κ2) is 7.66. The number of rotatable bonds is 5. The Morgan fingerprint density at radius 1 is 1.40 bits per heavy atom. The quantitative estimate of drug-likeness (QED) is 0.734. The molecule has 1 saturated heterocycles. The number of hydrogen-bond acceptors (Lipinski definition) is 6. The number of carbonyl (C=O) groups excluding carboxylic acids is 2. The number of ether oxygens (including phenoxy) is 1. The standard InChI is InChI=1S/C15H19F3N4O3/c1-10-13(24)21(9-12(23)25-2)7-8-22(10)14-19-6-4-11(20-14)3-5-15(16,17)18/h4,6,10H,3,5,7-9H2,1-2H3/t10-/m0/s1. The maximum absolute atomic E-state index is 12.4. The molecule has 0 aromatic carbocycles. The highest BCUT2D eigenvalue weighted by Crippen LogP contribution is 2.23. The molecule has 1 aliphatic rings. The van der Waals surface area contributed by atoms with Crippen LogP contribution in [0.1, 0.15) is 19.0 Å². The molecule has 0 N–H and O–H groups in total. The van der Waals surface area contributed by atoms with Gasteiger partial charge in [0.25, 0.3) is 0 Å². The van der Waals surface area contributed by atoms with E-state index in [0.717, 1.165) is 0 Å². The molecule has 0 radical (unpaired) electrons. The maximum Gasteiger partial charge on any atom is 0.389 e. The number of alkyl halides is 3. The van der Waals surface area contributed by atoms with Crippen LogP contribution in [0, 0.1) is 0 Å². The highest BCUT2D eigenvalue weighted by molar-refractivity contribution is 5.88. The van der Waals surface area contributed by atoms with Crippen molar-refractivity contribution in [3.05, 3.63) is 18.0 Å². The summed E-state index contributed by atoms with van der Waals surface area (Å²) >= 11 is 0. The first kappa shape index (κ1) is 18.9. The van der Waals surface area contributed by atoms with E-state index in [-0.39, 0.29) is 37.1 Å². The molecule has 1 amide bonds. The number of amides is 1. The van der Waals surface area contributed by atoms with Crippen LogP contribution in [-0.2, 0) is 20.7 Å². The average Bonchev–Trinajstić information content (AvgIpc) is 2.57. The van der Waals surface area contributed by atoms with E-state index in [1.165, 1.54) is 24.3 Å². The minimum Gasteiger partial charge on any atom is -0.468 e. The number of methoxy groups -OCH3 is 1. The van der Waals surface area contributed by atoms with E-state index in [1.54, 1.807) is 11.8 Å². The lowest BCUT2D eigenvalue weighted by Gasteiger charge is -2.38. The lowest BCUT2D eigenvalue weighted by Crippen LogP contribution is -2.57. The van der Waals surface area contributed by atoms with E-state index < -0.39 is 24.6 Å². The number of carbonyl (C=O) groups is 2. The summed E-state index contributed by atoms with van der Waals surface area (Å²) in [4.78, 5) is 34.9. The van der Waals surface area contributed by atoms with Crippen molar-refractivity contribution < 1.29 is 27.5 Å². The van der Waals surface area contributed by atoms with Crippen LogP contribution < -0.4 is 4.90 Å². The van der Waals surface area contributed by atoms with Crippen molar-refractivity contribution in [3.8, 4) is 0 Å². The highest BCUT2D eigenvalue weighted by atomic mass is 19.4. The lowest BCUT2D eigenvalue weighted by molar-refractivity contribution is -0.148. The van der Waals surface area contributed by atoms with Gasteiger partial charge in [0.15, 0.2) is 0 Å². The minimum absolute atomic E-state index is 0.139. The van der Waals surface area contributed by atoms with E-state index >= 15 is 0 Å². The predicted octanol–water partition coefficient (Wildman–Crippen LogP) is 1.18. The lowest BCUT2D eigenvalue weighted by atomic mass is 10.2. The van der Waals surface area contributed by atoms with Gasteiger partial charge in [-0.3, -0.25) is 9.59 Å². The molecule has 7 nitrogen and oxygen atoms in total. The molecule has 0 bridgehead atoms. The number of hydrogen-bond donors (Lipinski definition) is 0. The predicted molar refractivity (Wildman–Crippen MR) is 81.8 cm³/mol. The number of esters is 1. The molecule has 1 fully saturated rings. The zero-order valence-electron chi connectivity index (χ0n) is 13.9. The van der Waals surface area contributed by atoms with Crippen molar-refractivity contribution in [2.75, 3.05) is 31.6 Å². The van der Waals surface area contributed by atoms with E-state index in [4.69, 9.17) is 0 Å². The third kappa shape index (κ3) is 5.04. The highest BCUT2D eigenvalue weighted by Gasteiger charge is 2.34. The topological polar surface area (TPSA) is 75.6 Å². The van der Waals surface area contributed by atoms with Crippen LogP contribution in [0.5, 0.6) is 0 Å². The zero-order chi connectivity index (χ0) is 18.6. The van der Waals surface area contributed by atoms with Gasteiger partial charge in [-0.05, 0) is 19.4 Å². The molecule has 138 valence electrons. The number of aryl methyl sites for hydroxylation is 1. The molecule has 0 saturated carbocycles. The molecule has 0 aliphatic carbocycles. The van der Waals surface area contributed by atoms with Crippen LogP contribution in [-0.4, -0.2) is 65.7 Å². The van der Waals surface area contributed by atoms with Crippen molar-refractivity contribution in [2.24, 2.45) is 0 Å². The van der Waals surface area contributed by atoms with Crippen molar-refractivity contribution in [3.63, 3.8) is 0 Å². The molecule has 1 atom stereocenters. The number of nitrogens with zero attached hydrogens (tertiary/aromatic N) is 4. The first-order chi connectivity index (χ1) is 11.7. The first-order valence-corrected chi connectivity index (χ1v) is 7.72.